The lowest BCUT2D eigenvalue weighted by Gasteiger charge is -2.18. The maximum Gasteiger partial charge on any atom is 0.0233 e. The third-order valence-electron chi connectivity index (χ3n) is 4.11. The normalized spacial score (nSPS) is 11.2. The highest BCUT2D eigenvalue weighted by Gasteiger charge is 2.01. The molecule has 0 fully saturated rings. The summed E-state index contributed by atoms with van der Waals surface area (Å²) in [5.74, 6) is 0. The monoisotopic (exact) mass is 290 g/mol. The number of hydrogen-bond acceptors (Lipinski definition) is 2. The molecule has 2 nitrogen and oxygen atoms in total. The van der Waals surface area contributed by atoms with E-state index < -0.39 is 0 Å². The number of benzene rings is 1. The van der Waals surface area contributed by atoms with Crippen LogP contribution in [-0.4, -0.2) is 24.5 Å². The zero-order valence-electron chi connectivity index (χ0n) is 14.3. The summed E-state index contributed by atoms with van der Waals surface area (Å²) in [6, 6.07) is 9.08. The van der Waals surface area contributed by atoms with Crippen molar-refractivity contribution in [3.05, 3.63) is 35.4 Å². The minimum atomic E-state index is 0.999. The van der Waals surface area contributed by atoms with Gasteiger partial charge in [0, 0.05) is 13.1 Å². The second kappa shape index (κ2) is 11.8. The fourth-order valence-corrected chi connectivity index (χ4v) is 2.55. The maximum absolute atomic E-state index is 3.55. The fourth-order valence-electron chi connectivity index (χ4n) is 2.55. The van der Waals surface area contributed by atoms with Crippen LogP contribution in [0.3, 0.4) is 0 Å². The van der Waals surface area contributed by atoms with Gasteiger partial charge in [-0.25, -0.2) is 0 Å². The van der Waals surface area contributed by atoms with Gasteiger partial charge in [-0.3, -0.25) is 4.90 Å². The van der Waals surface area contributed by atoms with Gasteiger partial charge in [0.1, 0.15) is 0 Å². The molecule has 0 aliphatic heterocycles. The Morgan fingerprint density at radius 1 is 0.810 bits per heavy atom. The molecule has 0 amide bonds. The highest BCUT2D eigenvalue weighted by atomic mass is 15.1. The van der Waals surface area contributed by atoms with E-state index in [-0.39, 0.29) is 0 Å². The Morgan fingerprint density at radius 2 is 1.43 bits per heavy atom. The predicted molar refractivity (Wildman–Crippen MR) is 93.5 cm³/mol. The quantitative estimate of drug-likeness (QED) is 0.566. The number of nitrogens with zero attached hydrogens (tertiary/aromatic N) is 1. The molecule has 0 aliphatic rings. The Labute approximate surface area is 131 Å². The minimum Gasteiger partial charge on any atom is -0.313 e. The molecular formula is C19H34N2. The first-order chi connectivity index (χ1) is 10.3. The molecule has 1 aromatic carbocycles. The first-order valence-electron chi connectivity index (χ1n) is 8.81. The van der Waals surface area contributed by atoms with E-state index in [2.05, 4.69) is 55.3 Å². The smallest absolute Gasteiger partial charge is 0.0233 e. The van der Waals surface area contributed by atoms with Crippen LogP contribution in [0.4, 0.5) is 0 Å². The third-order valence-corrected chi connectivity index (χ3v) is 4.11. The van der Waals surface area contributed by atoms with Crippen molar-refractivity contribution in [1.29, 1.82) is 0 Å². The van der Waals surface area contributed by atoms with Gasteiger partial charge in [-0.05, 0) is 37.2 Å². The molecule has 0 bridgehead atoms. The first kappa shape index (κ1) is 18.2. The highest BCUT2D eigenvalue weighted by molar-refractivity contribution is 5.22. The van der Waals surface area contributed by atoms with Gasteiger partial charge in [-0.2, -0.15) is 0 Å². The first-order valence-corrected chi connectivity index (χ1v) is 8.81. The van der Waals surface area contributed by atoms with Crippen molar-refractivity contribution in [2.24, 2.45) is 0 Å². The summed E-state index contributed by atoms with van der Waals surface area (Å²) in [5.41, 5.74) is 2.81. The van der Waals surface area contributed by atoms with Crippen molar-refractivity contribution in [2.45, 2.75) is 66.0 Å². The molecule has 0 heterocycles. The van der Waals surface area contributed by atoms with Gasteiger partial charge in [0.2, 0.25) is 0 Å². The average Bonchev–Trinajstić information content (AvgIpc) is 2.53. The van der Waals surface area contributed by atoms with Crippen molar-refractivity contribution in [3.63, 3.8) is 0 Å². The molecular weight excluding hydrogens is 256 g/mol. The van der Waals surface area contributed by atoms with Crippen LogP contribution in [-0.2, 0) is 13.1 Å². The number of unbranched alkanes of at least 4 members (excludes halogenated alkanes) is 4. The number of nitrogens with one attached hydrogen (secondary N) is 1. The summed E-state index contributed by atoms with van der Waals surface area (Å²) >= 11 is 0. The molecule has 0 aliphatic carbocycles. The second-order valence-electron chi connectivity index (χ2n) is 5.87. The summed E-state index contributed by atoms with van der Waals surface area (Å²) in [7, 11) is 0. The van der Waals surface area contributed by atoms with Crippen LogP contribution >= 0.6 is 0 Å². The van der Waals surface area contributed by atoms with E-state index in [1.807, 2.05) is 0 Å². The highest BCUT2D eigenvalue weighted by Crippen LogP contribution is 2.08. The van der Waals surface area contributed by atoms with E-state index >= 15 is 0 Å². The fraction of sp³-hybridized carbons (Fsp3) is 0.684. The van der Waals surface area contributed by atoms with Crippen molar-refractivity contribution >= 4 is 0 Å². The van der Waals surface area contributed by atoms with Gasteiger partial charge < -0.3 is 5.32 Å². The number of hydrogen-bond donors (Lipinski definition) is 1. The molecule has 120 valence electrons. The zero-order chi connectivity index (χ0) is 15.3. The molecule has 1 rings (SSSR count). The van der Waals surface area contributed by atoms with Gasteiger partial charge in [0.05, 0.1) is 0 Å². The van der Waals surface area contributed by atoms with Gasteiger partial charge in [0.25, 0.3) is 0 Å². The van der Waals surface area contributed by atoms with Crippen molar-refractivity contribution < 1.29 is 0 Å². The molecule has 0 saturated heterocycles. The SMILES string of the molecule is CCCCCCCNCc1ccc(CN(CC)CC)cc1. The van der Waals surface area contributed by atoms with Crippen LogP contribution in [0.25, 0.3) is 0 Å². The Morgan fingerprint density at radius 3 is 2.05 bits per heavy atom. The molecule has 0 radical (unpaired) electrons. The van der Waals surface area contributed by atoms with E-state index in [0.29, 0.717) is 0 Å². The third kappa shape index (κ3) is 8.23. The molecule has 2 heteroatoms. The Hall–Kier alpha value is -0.860. The Kier molecular flexibility index (Phi) is 10.2. The van der Waals surface area contributed by atoms with E-state index in [4.69, 9.17) is 0 Å². The topological polar surface area (TPSA) is 15.3 Å². The molecule has 0 unspecified atom stereocenters. The van der Waals surface area contributed by atoms with Gasteiger partial charge in [-0.15, -0.1) is 0 Å². The van der Waals surface area contributed by atoms with Crippen molar-refractivity contribution in [1.82, 2.24) is 10.2 Å². The molecule has 21 heavy (non-hydrogen) atoms. The Bertz CT molecular complexity index is 341. The summed E-state index contributed by atoms with van der Waals surface area (Å²) in [5, 5.41) is 3.55. The van der Waals surface area contributed by atoms with Crippen molar-refractivity contribution in [3.8, 4) is 0 Å². The average molecular weight is 290 g/mol. The largest absolute Gasteiger partial charge is 0.313 e. The van der Waals surface area contributed by atoms with E-state index in [9.17, 15) is 0 Å². The lowest BCUT2D eigenvalue weighted by atomic mass is 10.1. The van der Waals surface area contributed by atoms with Crippen LogP contribution in [0.5, 0.6) is 0 Å². The predicted octanol–water partition coefficient (Wildman–Crippen LogP) is 4.59. The molecule has 0 aromatic heterocycles. The van der Waals surface area contributed by atoms with Crippen LogP contribution < -0.4 is 5.32 Å². The zero-order valence-corrected chi connectivity index (χ0v) is 14.3. The summed E-state index contributed by atoms with van der Waals surface area (Å²) in [6.07, 6.45) is 6.77. The summed E-state index contributed by atoms with van der Waals surface area (Å²) in [4.78, 5) is 2.45. The van der Waals surface area contributed by atoms with Crippen LogP contribution in [0, 0.1) is 0 Å². The van der Waals surface area contributed by atoms with Crippen LogP contribution in [0.1, 0.15) is 64.0 Å². The standard InChI is InChI=1S/C19H34N2/c1-4-7-8-9-10-15-20-16-18-11-13-19(14-12-18)17-21(5-2)6-3/h11-14,20H,4-10,15-17H2,1-3H3. The van der Waals surface area contributed by atoms with Gasteiger partial charge in [-0.1, -0.05) is 70.7 Å². The number of rotatable bonds is 12. The molecule has 1 aromatic rings. The Balaban J connectivity index is 2.19. The van der Waals surface area contributed by atoms with Gasteiger partial charge >= 0.3 is 0 Å². The summed E-state index contributed by atoms with van der Waals surface area (Å²) in [6.45, 7) is 12.2. The summed E-state index contributed by atoms with van der Waals surface area (Å²) < 4.78 is 0. The lowest BCUT2D eigenvalue weighted by molar-refractivity contribution is 0.296. The van der Waals surface area contributed by atoms with E-state index in [1.54, 1.807) is 0 Å². The van der Waals surface area contributed by atoms with Gasteiger partial charge in [0.15, 0.2) is 0 Å². The van der Waals surface area contributed by atoms with Crippen molar-refractivity contribution in [2.75, 3.05) is 19.6 Å². The molecule has 1 N–H and O–H groups in total. The van der Waals surface area contributed by atoms with Crippen LogP contribution in [0.2, 0.25) is 0 Å². The second-order valence-corrected chi connectivity index (χ2v) is 5.87. The molecule has 0 saturated carbocycles. The minimum absolute atomic E-state index is 0.999. The maximum atomic E-state index is 3.55. The van der Waals surface area contributed by atoms with Crippen LogP contribution in [0.15, 0.2) is 24.3 Å². The van der Waals surface area contributed by atoms with E-state index in [1.165, 1.54) is 43.2 Å². The van der Waals surface area contributed by atoms with E-state index in [0.717, 1.165) is 32.7 Å². The molecule has 0 spiro atoms. The molecule has 0 atom stereocenters. The lowest BCUT2D eigenvalue weighted by Crippen LogP contribution is -2.22.